The van der Waals surface area contributed by atoms with Gasteiger partial charge in [0.25, 0.3) is 0 Å². The molecule has 0 amide bonds. The van der Waals surface area contributed by atoms with Crippen LogP contribution in [0.25, 0.3) is 0 Å². The van der Waals surface area contributed by atoms with Gasteiger partial charge in [-0.1, -0.05) is 11.6 Å². The molecule has 0 radical (unpaired) electrons. The van der Waals surface area contributed by atoms with Crippen LogP contribution in [0.5, 0.6) is 5.75 Å². The van der Waals surface area contributed by atoms with E-state index in [0.29, 0.717) is 18.1 Å². The Hall–Kier alpha value is -0.770. The fourth-order valence-corrected chi connectivity index (χ4v) is 1.84. The van der Waals surface area contributed by atoms with E-state index in [9.17, 15) is 0 Å². The number of aliphatic hydroxyl groups is 1. The number of hydrogen-bond acceptors (Lipinski definition) is 3. The van der Waals surface area contributed by atoms with Crippen molar-refractivity contribution < 1.29 is 14.6 Å². The summed E-state index contributed by atoms with van der Waals surface area (Å²) in [6, 6.07) is 3.62. The largest absolute Gasteiger partial charge is 0.467 e. The summed E-state index contributed by atoms with van der Waals surface area (Å²) >= 11 is 6.02. The second kappa shape index (κ2) is 4.17. The number of rotatable bonds is 2. The van der Waals surface area contributed by atoms with E-state index < -0.39 is 0 Å². The van der Waals surface area contributed by atoms with Crippen molar-refractivity contribution in [2.24, 2.45) is 0 Å². The van der Waals surface area contributed by atoms with Gasteiger partial charge in [-0.2, -0.15) is 0 Å². The van der Waals surface area contributed by atoms with Gasteiger partial charge in [-0.05, 0) is 24.1 Å². The fraction of sp³-hybridized carbons (Fsp3) is 0.400. The van der Waals surface area contributed by atoms with Crippen LogP contribution in [0.15, 0.2) is 12.1 Å². The highest BCUT2D eigenvalue weighted by Gasteiger charge is 2.16. The van der Waals surface area contributed by atoms with Crippen LogP contribution in [0.3, 0.4) is 0 Å². The minimum absolute atomic E-state index is 0.0795. The van der Waals surface area contributed by atoms with E-state index in [2.05, 4.69) is 0 Å². The predicted molar refractivity (Wildman–Crippen MR) is 52.5 cm³/mol. The van der Waals surface area contributed by atoms with Gasteiger partial charge >= 0.3 is 0 Å². The monoisotopic (exact) mass is 214 g/mol. The maximum atomic E-state index is 8.91. The van der Waals surface area contributed by atoms with E-state index in [1.807, 2.05) is 6.07 Å². The highest BCUT2D eigenvalue weighted by atomic mass is 35.5. The third-order valence-corrected chi connectivity index (χ3v) is 2.59. The van der Waals surface area contributed by atoms with Crippen molar-refractivity contribution in [1.29, 1.82) is 0 Å². The zero-order valence-corrected chi connectivity index (χ0v) is 8.38. The maximum Gasteiger partial charge on any atom is 0.189 e. The zero-order valence-electron chi connectivity index (χ0n) is 7.62. The number of benzene rings is 1. The van der Waals surface area contributed by atoms with E-state index in [1.54, 1.807) is 6.07 Å². The predicted octanol–water partition coefficient (Wildman–Crippen LogP) is 1.74. The molecule has 1 aromatic rings. The van der Waals surface area contributed by atoms with Gasteiger partial charge in [-0.3, -0.25) is 0 Å². The van der Waals surface area contributed by atoms with Crippen molar-refractivity contribution in [3.63, 3.8) is 0 Å². The number of hydrogen-bond donors (Lipinski definition) is 1. The average Bonchev–Trinajstić information content (AvgIpc) is 2.23. The van der Waals surface area contributed by atoms with E-state index in [1.165, 1.54) is 0 Å². The van der Waals surface area contributed by atoms with E-state index in [-0.39, 0.29) is 13.4 Å². The van der Waals surface area contributed by atoms with Crippen LogP contribution >= 0.6 is 11.6 Å². The lowest BCUT2D eigenvalue weighted by atomic mass is 10.0. The molecule has 0 saturated carbocycles. The SMILES string of the molecule is OCCc1c(Cl)ccc2c1COCO2. The van der Waals surface area contributed by atoms with E-state index in [4.69, 9.17) is 26.2 Å². The van der Waals surface area contributed by atoms with Crippen molar-refractivity contribution >= 4 is 11.6 Å². The van der Waals surface area contributed by atoms with Crippen molar-refractivity contribution in [3.8, 4) is 5.75 Å². The van der Waals surface area contributed by atoms with E-state index in [0.717, 1.165) is 16.9 Å². The topological polar surface area (TPSA) is 38.7 Å². The minimum Gasteiger partial charge on any atom is -0.467 e. The Kier molecular flexibility index (Phi) is 2.91. The van der Waals surface area contributed by atoms with E-state index >= 15 is 0 Å². The molecule has 2 rings (SSSR count). The quantitative estimate of drug-likeness (QED) is 0.815. The van der Waals surface area contributed by atoms with Gasteiger partial charge < -0.3 is 14.6 Å². The third kappa shape index (κ3) is 1.71. The molecular formula is C10H11ClO3. The molecule has 0 fully saturated rings. The summed E-state index contributed by atoms with van der Waals surface area (Å²) in [6.07, 6.45) is 0.536. The first-order valence-corrected chi connectivity index (χ1v) is 4.82. The van der Waals surface area contributed by atoms with Crippen molar-refractivity contribution in [1.82, 2.24) is 0 Å². The van der Waals surface area contributed by atoms with Crippen LogP contribution in [0, 0.1) is 0 Å². The molecule has 1 N–H and O–H groups in total. The van der Waals surface area contributed by atoms with Gasteiger partial charge in [-0.25, -0.2) is 0 Å². The molecule has 1 aromatic carbocycles. The summed E-state index contributed by atoms with van der Waals surface area (Å²) in [5.41, 5.74) is 1.88. The number of fused-ring (bicyclic) bond motifs is 1. The third-order valence-electron chi connectivity index (χ3n) is 2.24. The van der Waals surface area contributed by atoms with Crippen LogP contribution in [-0.2, 0) is 17.8 Å². The standard InChI is InChI=1S/C10H11ClO3/c11-9-1-2-10-8(5-13-6-14-10)7(9)3-4-12/h1-2,12H,3-6H2. The lowest BCUT2D eigenvalue weighted by Crippen LogP contribution is -2.14. The second-order valence-electron chi connectivity index (χ2n) is 3.09. The molecule has 0 bridgehead atoms. The summed E-state index contributed by atoms with van der Waals surface area (Å²) in [4.78, 5) is 0. The molecule has 1 heterocycles. The number of aliphatic hydroxyl groups excluding tert-OH is 1. The first-order valence-electron chi connectivity index (χ1n) is 4.44. The lowest BCUT2D eigenvalue weighted by molar-refractivity contribution is -0.0168. The molecule has 4 heteroatoms. The van der Waals surface area contributed by atoms with Gasteiger partial charge in [0.2, 0.25) is 0 Å². The Balaban J connectivity index is 2.43. The van der Waals surface area contributed by atoms with Crippen molar-refractivity contribution in [3.05, 3.63) is 28.3 Å². The molecule has 0 aromatic heterocycles. The second-order valence-corrected chi connectivity index (χ2v) is 3.49. The van der Waals surface area contributed by atoms with Gasteiger partial charge in [0.1, 0.15) is 5.75 Å². The first kappa shape index (κ1) is 9.77. The highest BCUT2D eigenvalue weighted by Crippen LogP contribution is 2.31. The van der Waals surface area contributed by atoms with Crippen molar-refractivity contribution in [2.75, 3.05) is 13.4 Å². The van der Waals surface area contributed by atoms with Crippen LogP contribution < -0.4 is 4.74 Å². The number of ether oxygens (including phenoxy) is 2. The van der Waals surface area contributed by atoms with Gasteiger partial charge in [0.05, 0.1) is 6.61 Å². The molecule has 0 unspecified atom stereocenters. The summed E-state index contributed by atoms with van der Waals surface area (Å²) in [7, 11) is 0. The molecule has 1 aliphatic rings. The van der Waals surface area contributed by atoms with Crippen LogP contribution in [0.1, 0.15) is 11.1 Å². The summed E-state index contributed by atoms with van der Waals surface area (Å²) in [5.74, 6) is 0.809. The number of halogens is 1. The van der Waals surface area contributed by atoms with Crippen LogP contribution in [0.2, 0.25) is 5.02 Å². The Bertz CT molecular complexity index is 338. The smallest absolute Gasteiger partial charge is 0.189 e. The van der Waals surface area contributed by atoms with Gasteiger partial charge in [0.15, 0.2) is 6.79 Å². The van der Waals surface area contributed by atoms with Crippen molar-refractivity contribution in [2.45, 2.75) is 13.0 Å². The Morgan fingerprint density at radius 2 is 2.29 bits per heavy atom. The Morgan fingerprint density at radius 3 is 3.07 bits per heavy atom. The average molecular weight is 215 g/mol. The molecule has 3 nitrogen and oxygen atoms in total. The summed E-state index contributed by atoms with van der Waals surface area (Å²) < 4.78 is 10.5. The highest BCUT2D eigenvalue weighted by molar-refractivity contribution is 6.31. The maximum absolute atomic E-state index is 8.91. The molecule has 0 atom stereocenters. The summed E-state index contributed by atoms with van der Waals surface area (Å²) in [5, 5.41) is 9.56. The molecular weight excluding hydrogens is 204 g/mol. The summed E-state index contributed by atoms with van der Waals surface area (Å²) in [6.45, 7) is 0.870. The molecule has 1 aliphatic heterocycles. The minimum atomic E-state index is 0.0795. The first-order chi connectivity index (χ1) is 6.83. The Morgan fingerprint density at radius 1 is 1.43 bits per heavy atom. The molecule has 0 aliphatic carbocycles. The molecule has 14 heavy (non-hydrogen) atoms. The van der Waals surface area contributed by atoms with Crippen LogP contribution in [0.4, 0.5) is 0 Å². The lowest BCUT2D eigenvalue weighted by Gasteiger charge is -2.21. The zero-order chi connectivity index (χ0) is 9.97. The fourth-order valence-electron chi connectivity index (χ4n) is 1.57. The van der Waals surface area contributed by atoms with Gasteiger partial charge in [-0.15, -0.1) is 0 Å². The normalized spacial score (nSPS) is 14.7. The van der Waals surface area contributed by atoms with Crippen LogP contribution in [-0.4, -0.2) is 18.5 Å². The molecule has 0 spiro atoms. The Labute approximate surface area is 87.2 Å². The van der Waals surface area contributed by atoms with Gasteiger partial charge in [0, 0.05) is 17.2 Å². The molecule has 0 saturated heterocycles. The molecule has 76 valence electrons.